The molecule has 1 saturated carbocycles. The fourth-order valence-corrected chi connectivity index (χ4v) is 3.36. The van der Waals surface area contributed by atoms with E-state index < -0.39 is 0 Å². The van der Waals surface area contributed by atoms with Gasteiger partial charge < -0.3 is 0 Å². The molecule has 0 spiro atoms. The minimum Gasteiger partial charge on any atom is -0.0651 e. The summed E-state index contributed by atoms with van der Waals surface area (Å²) in [6.07, 6.45) is 8.52. The Labute approximate surface area is 90.5 Å². The van der Waals surface area contributed by atoms with Gasteiger partial charge in [-0.25, -0.2) is 0 Å². The summed E-state index contributed by atoms with van der Waals surface area (Å²) in [6, 6.07) is 0. The van der Waals surface area contributed by atoms with E-state index in [-0.39, 0.29) is 0 Å². The number of rotatable bonds is 5. The predicted octanol–water partition coefficient (Wildman–Crippen LogP) is 5.03. The summed E-state index contributed by atoms with van der Waals surface area (Å²) < 4.78 is 0. The van der Waals surface area contributed by atoms with Crippen LogP contribution < -0.4 is 0 Å². The maximum absolute atomic E-state index is 2.52. The maximum atomic E-state index is 2.52. The second-order valence-electron chi connectivity index (χ2n) is 5.77. The molecule has 0 N–H and O–H groups in total. The highest BCUT2D eigenvalue weighted by Crippen LogP contribution is 2.63. The minimum atomic E-state index is 0.658. The van der Waals surface area contributed by atoms with Crippen LogP contribution in [0.5, 0.6) is 0 Å². The smallest absolute Gasteiger partial charge is 0.0244 e. The van der Waals surface area contributed by atoms with Gasteiger partial charge in [-0.3, -0.25) is 0 Å². The number of hydrogen-bond acceptors (Lipinski definition) is 0. The SMILES string of the molecule is CCC(C)CC1(CC)CCC1(C)CC. The van der Waals surface area contributed by atoms with Crippen molar-refractivity contribution in [2.24, 2.45) is 16.7 Å². The lowest BCUT2D eigenvalue weighted by Crippen LogP contribution is -2.49. The average molecular weight is 196 g/mol. The van der Waals surface area contributed by atoms with Crippen LogP contribution in [-0.4, -0.2) is 0 Å². The van der Waals surface area contributed by atoms with Crippen molar-refractivity contribution < 1.29 is 0 Å². The van der Waals surface area contributed by atoms with E-state index in [2.05, 4.69) is 34.6 Å². The van der Waals surface area contributed by atoms with Gasteiger partial charge in [0.1, 0.15) is 0 Å². The normalized spacial score (nSPS) is 39.2. The van der Waals surface area contributed by atoms with Gasteiger partial charge in [-0.15, -0.1) is 0 Å². The van der Waals surface area contributed by atoms with E-state index in [1.807, 2.05) is 0 Å². The van der Waals surface area contributed by atoms with Crippen LogP contribution in [0.1, 0.15) is 73.1 Å². The molecular formula is C14H28. The highest BCUT2D eigenvalue weighted by atomic mass is 14.6. The summed E-state index contributed by atoms with van der Waals surface area (Å²) in [5.74, 6) is 0.918. The van der Waals surface area contributed by atoms with Gasteiger partial charge >= 0.3 is 0 Å². The lowest BCUT2D eigenvalue weighted by atomic mass is 9.46. The summed E-state index contributed by atoms with van der Waals surface area (Å²) in [5, 5.41) is 0. The van der Waals surface area contributed by atoms with Gasteiger partial charge in [-0.1, -0.05) is 47.5 Å². The van der Waals surface area contributed by atoms with Crippen molar-refractivity contribution in [2.75, 3.05) is 0 Å². The molecule has 1 aliphatic carbocycles. The molecule has 0 aromatic rings. The van der Waals surface area contributed by atoms with Crippen molar-refractivity contribution in [1.29, 1.82) is 0 Å². The van der Waals surface area contributed by atoms with Crippen molar-refractivity contribution >= 4 is 0 Å². The zero-order valence-corrected chi connectivity index (χ0v) is 10.8. The Balaban J connectivity index is 2.68. The lowest BCUT2D eigenvalue weighted by Gasteiger charge is -2.59. The first kappa shape index (κ1) is 12.1. The second kappa shape index (κ2) is 4.24. The quantitative estimate of drug-likeness (QED) is 0.578. The molecule has 0 aliphatic heterocycles. The topological polar surface area (TPSA) is 0 Å². The Kier molecular flexibility index (Phi) is 3.66. The largest absolute Gasteiger partial charge is 0.0651 e. The molecule has 0 amide bonds. The van der Waals surface area contributed by atoms with Crippen molar-refractivity contribution in [1.82, 2.24) is 0 Å². The maximum Gasteiger partial charge on any atom is -0.0244 e. The van der Waals surface area contributed by atoms with Gasteiger partial charge in [-0.05, 0) is 42.4 Å². The summed E-state index contributed by atoms with van der Waals surface area (Å²) >= 11 is 0. The molecule has 0 aromatic heterocycles. The molecule has 1 aliphatic rings. The predicted molar refractivity (Wildman–Crippen MR) is 64.4 cm³/mol. The highest BCUT2D eigenvalue weighted by Gasteiger charge is 2.53. The molecule has 0 bridgehead atoms. The molecule has 84 valence electrons. The van der Waals surface area contributed by atoms with Crippen molar-refractivity contribution in [3.63, 3.8) is 0 Å². The van der Waals surface area contributed by atoms with E-state index in [1.165, 1.54) is 38.5 Å². The molecule has 14 heavy (non-hydrogen) atoms. The molecule has 0 heterocycles. The molecule has 3 atom stereocenters. The first-order valence-corrected chi connectivity index (χ1v) is 6.53. The van der Waals surface area contributed by atoms with E-state index in [1.54, 1.807) is 0 Å². The Hall–Kier alpha value is 0. The summed E-state index contributed by atoms with van der Waals surface area (Å²) in [6.45, 7) is 12.0. The standard InChI is InChI=1S/C14H28/c1-6-12(4)11-14(8-3)10-9-13(14,5)7-2/h12H,6-11H2,1-5H3. The zero-order valence-electron chi connectivity index (χ0n) is 10.8. The average Bonchev–Trinajstić information content (AvgIpc) is 2.22. The first-order valence-electron chi connectivity index (χ1n) is 6.53. The molecule has 0 heteroatoms. The Morgan fingerprint density at radius 3 is 2.00 bits per heavy atom. The molecule has 1 rings (SSSR count). The fourth-order valence-electron chi connectivity index (χ4n) is 3.36. The molecule has 0 nitrogen and oxygen atoms in total. The third-order valence-electron chi connectivity index (χ3n) is 5.33. The van der Waals surface area contributed by atoms with Crippen LogP contribution in [0.25, 0.3) is 0 Å². The fraction of sp³-hybridized carbons (Fsp3) is 1.00. The monoisotopic (exact) mass is 196 g/mol. The van der Waals surface area contributed by atoms with Crippen LogP contribution in [0.2, 0.25) is 0 Å². The lowest BCUT2D eigenvalue weighted by molar-refractivity contribution is -0.0895. The Morgan fingerprint density at radius 2 is 1.71 bits per heavy atom. The highest BCUT2D eigenvalue weighted by molar-refractivity contribution is 5.03. The van der Waals surface area contributed by atoms with Crippen LogP contribution in [0, 0.1) is 16.7 Å². The van der Waals surface area contributed by atoms with Crippen molar-refractivity contribution in [2.45, 2.75) is 73.1 Å². The van der Waals surface area contributed by atoms with Crippen LogP contribution in [0.15, 0.2) is 0 Å². The Morgan fingerprint density at radius 1 is 1.07 bits per heavy atom. The van der Waals surface area contributed by atoms with Gasteiger partial charge in [0.2, 0.25) is 0 Å². The van der Waals surface area contributed by atoms with Crippen LogP contribution in [0.4, 0.5) is 0 Å². The van der Waals surface area contributed by atoms with E-state index >= 15 is 0 Å². The van der Waals surface area contributed by atoms with E-state index in [0.29, 0.717) is 10.8 Å². The van der Waals surface area contributed by atoms with E-state index in [0.717, 1.165) is 5.92 Å². The molecular weight excluding hydrogens is 168 g/mol. The van der Waals surface area contributed by atoms with Gasteiger partial charge in [0.05, 0.1) is 0 Å². The van der Waals surface area contributed by atoms with Gasteiger partial charge in [-0.2, -0.15) is 0 Å². The van der Waals surface area contributed by atoms with Crippen LogP contribution in [-0.2, 0) is 0 Å². The zero-order chi connectivity index (χ0) is 10.8. The third-order valence-corrected chi connectivity index (χ3v) is 5.33. The molecule has 0 radical (unpaired) electrons. The van der Waals surface area contributed by atoms with Crippen molar-refractivity contribution in [3.8, 4) is 0 Å². The van der Waals surface area contributed by atoms with Crippen LogP contribution >= 0.6 is 0 Å². The Bertz CT molecular complexity index is 176. The summed E-state index contributed by atoms with van der Waals surface area (Å²) in [4.78, 5) is 0. The summed E-state index contributed by atoms with van der Waals surface area (Å²) in [7, 11) is 0. The first-order chi connectivity index (χ1) is 6.53. The molecule has 3 unspecified atom stereocenters. The molecule has 0 saturated heterocycles. The van der Waals surface area contributed by atoms with Crippen molar-refractivity contribution in [3.05, 3.63) is 0 Å². The minimum absolute atomic E-state index is 0.658. The third kappa shape index (κ3) is 1.73. The molecule has 0 aromatic carbocycles. The van der Waals surface area contributed by atoms with Gasteiger partial charge in [0, 0.05) is 0 Å². The van der Waals surface area contributed by atoms with Crippen LogP contribution in [0.3, 0.4) is 0 Å². The van der Waals surface area contributed by atoms with Gasteiger partial charge in [0.15, 0.2) is 0 Å². The van der Waals surface area contributed by atoms with E-state index in [9.17, 15) is 0 Å². The van der Waals surface area contributed by atoms with E-state index in [4.69, 9.17) is 0 Å². The van der Waals surface area contributed by atoms with Gasteiger partial charge in [0.25, 0.3) is 0 Å². The molecule has 1 fully saturated rings. The summed E-state index contributed by atoms with van der Waals surface area (Å²) in [5.41, 5.74) is 1.35. The second-order valence-corrected chi connectivity index (χ2v) is 5.77. The number of hydrogen-bond donors (Lipinski definition) is 0.